The molecule has 1 aromatic carbocycles. The topological polar surface area (TPSA) is 109 Å². The van der Waals surface area contributed by atoms with Gasteiger partial charge in [0.25, 0.3) is 11.8 Å². The molecule has 0 bridgehead atoms. The Balaban J connectivity index is 1.64. The molecule has 0 aliphatic carbocycles. The van der Waals surface area contributed by atoms with Crippen LogP contribution >= 0.6 is 11.6 Å². The summed E-state index contributed by atoms with van der Waals surface area (Å²) in [7, 11) is 0. The van der Waals surface area contributed by atoms with E-state index in [1.807, 2.05) is 13.8 Å². The van der Waals surface area contributed by atoms with E-state index in [1.54, 1.807) is 18.3 Å². The van der Waals surface area contributed by atoms with E-state index in [0.29, 0.717) is 23.6 Å². The van der Waals surface area contributed by atoms with Crippen LogP contribution in [0.5, 0.6) is 5.88 Å². The summed E-state index contributed by atoms with van der Waals surface area (Å²) >= 11 is 5.79. The van der Waals surface area contributed by atoms with Crippen molar-refractivity contribution in [3.8, 4) is 5.88 Å². The predicted octanol–water partition coefficient (Wildman–Crippen LogP) is 3.71. The van der Waals surface area contributed by atoms with Gasteiger partial charge in [0.1, 0.15) is 5.69 Å². The summed E-state index contributed by atoms with van der Waals surface area (Å²) in [6, 6.07) is 6.16. The van der Waals surface area contributed by atoms with Crippen LogP contribution in [0.2, 0.25) is 5.02 Å². The van der Waals surface area contributed by atoms with Crippen molar-refractivity contribution in [3.63, 3.8) is 0 Å². The number of H-pyrrole nitrogens is 1. The minimum atomic E-state index is -1.21. The molecular formula is C20H18ClF2N5O3. The molecule has 162 valence electrons. The second-order valence-electron chi connectivity index (χ2n) is 6.68. The molecule has 0 spiro atoms. The van der Waals surface area contributed by atoms with E-state index >= 15 is 0 Å². The summed E-state index contributed by atoms with van der Waals surface area (Å²) in [5.41, 5.74) is 0.483. The second-order valence-corrected chi connectivity index (χ2v) is 7.09. The fourth-order valence-electron chi connectivity index (χ4n) is 2.54. The molecule has 0 aliphatic rings. The van der Waals surface area contributed by atoms with Gasteiger partial charge in [-0.3, -0.25) is 14.7 Å². The summed E-state index contributed by atoms with van der Waals surface area (Å²) in [5, 5.41) is 11.1. The predicted molar refractivity (Wildman–Crippen MR) is 109 cm³/mol. The Morgan fingerprint density at radius 3 is 2.68 bits per heavy atom. The number of hydrogen-bond donors (Lipinski definition) is 3. The molecule has 8 nitrogen and oxygen atoms in total. The van der Waals surface area contributed by atoms with Crippen LogP contribution in [0.3, 0.4) is 0 Å². The summed E-state index contributed by atoms with van der Waals surface area (Å²) in [5.74, 6) is -3.27. The minimum Gasteiger partial charge on any atom is -0.475 e. The van der Waals surface area contributed by atoms with E-state index in [4.69, 9.17) is 16.3 Å². The normalized spacial score (nSPS) is 10.8. The van der Waals surface area contributed by atoms with E-state index in [9.17, 15) is 18.4 Å². The number of pyridine rings is 1. The summed E-state index contributed by atoms with van der Waals surface area (Å²) in [6.07, 6.45) is 1.51. The Morgan fingerprint density at radius 2 is 1.94 bits per heavy atom. The van der Waals surface area contributed by atoms with Crippen LogP contribution in [0.15, 0.2) is 36.5 Å². The van der Waals surface area contributed by atoms with Crippen LogP contribution in [0.25, 0.3) is 0 Å². The molecule has 2 amide bonds. The lowest BCUT2D eigenvalue weighted by molar-refractivity contribution is 0.0944. The average molecular weight is 450 g/mol. The first kappa shape index (κ1) is 22.2. The number of carbonyl (C=O) groups is 2. The number of halogens is 3. The van der Waals surface area contributed by atoms with Gasteiger partial charge < -0.3 is 15.4 Å². The first-order valence-corrected chi connectivity index (χ1v) is 9.52. The monoisotopic (exact) mass is 449 g/mol. The maximum atomic E-state index is 13.4. The maximum Gasteiger partial charge on any atom is 0.269 e. The van der Waals surface area contributed by atoms with E-state index in [0.717, 1.165) is 0 Å². The molecule has 31 heavy (non-hydrogen) atoms. The van der Waals surface area contributed by atoms with E-state index < -0.39 is 23.4 Å². The van der Waals surface area contributed by atoms with Crippen molar-refractivity contribution in [1.29, 1.82) is 0 Å². The van der Waals surface area contributed by atoms with Gasteiger partial charge in [-0.1, -0.05) is 17.7 Å². The van der Waals surface area contributed by atoms with Gasteiger partial charge in [-0.2, -0.15) is 5.10 Å². The SMILES string of the molecule is CC(C)Oc1ncccc1CNC(=O)c1cc(NC(=O)c2cc(F)c(F)cc2Cl)n[nH]1. The Kier molecular flexibility index (Phi) is 6.81. The summed E-state index contributed by atoms with van der Waals surface area (Å²) in [4.78, 5) is 28.8. The maximum absolute atomic E-state index is 13.4. The largest absolute Gasteiger partial charge is 0.475 e. The van der Waals surface area contributed by atoms with E-state index in [-0.39, 0.29) is 34.7 Å². The number of nitrogens with one attached hydrogen (secondary N) is 3. The molecule has 2 heterocycles. The van der Waals surface area contributed by atoms with Crippen LogP contribution in [0.4, 0.5) is 14.6 Å². The van der Waals surface area contributed by atoms with Crippen LogP contribution in [0, 0.1) is 11.6 Å². The van der Waals surface area contributed by atoms with Crippen LogP contribution in [-0.4, -0.2) is 33.1 Å². The lowest BCUT2D eigenvalue weighted by Gasteiger charge is -2.13. The van der Waals surface area contributed by atoms with Crippen molar-refractivity contribution in [1.82, 2.24) is 20.5 Å². The first-order valence-electron chi connectivity index (χ1n) is 9.14. The Hall–Kier alpha value is -3.53. The molecule has 0 atom stereocenters. The Bertz CT molecular complexity index is 1120. The molecule has 3 N–H and O–H groups in total. The third-order valence-corrected chi connectivity index (χ3v) is 4.27. The van der Waals surface area contributed by atoms with Gasteiger partial charge in [-0.25, -0.2) is 13.8 Å². The zero-order chi connectivity index (χ0) is 22.5. The molecular weight excluding hydrogens is 432 g/mol. The number of aromatic nitrogens is 3. The number of amides is 2. The molecule has 0 saturated carbocycles. The smallest absolute Gasteiger partial charge is 0.269 e. The number of hydrogen-bond acceptors (Lipinski definition) is 5. The second kappa shape index (κ2) is 9.52. The third-order valence-electron chi connectivity index (χ3n) is 3.96. The van der Waals surface area contributed by atoms with Gasteiger partial charge in [0.05, 0.1) is 16.7 Å². The number of aromatic amines is 1. The van der Waals surface area contributed by atoms with Crippen molar-refractivity contribution < 1.29 is 23.1 Å². The van der Waals surface area contributed by atoms with Crippen molar-refractivity contribution in [2.24, 2.45) is 0 Å². The molecule has 3 aromatic rings. The lowest BCUT2D eigenvalue weighted by Crippen LogP contribution is -2.24. The number of benzene rings is 1. The zero-order valence-corrected chi connectivity index (χ0v) is 17.3. The van der Waals surface area contributed by atoms with E-state index in [1.165, 1.54) is 6.07 Å². The standard InChI is InChI=1S/C20H18ClF2N5O3/c1-10(2)31-20-11(4-3-5-24-20)9-25-19(30)16-8-17(28-27-16)26-18(29)12-6-14(22)15(23)7-13(12)21/h3-8,10H,9H2,1-2H3,(H,25,30)(H2,26,27,28,29). The molecule has 3 rings (SSSR count). The molecule has 11 heteroatoms. The van der Waals surface area contributed by atoms with Gasteiger partial charge in [0.2, 0.25) is 5.88 Å². The number of carbonyl (C=O) groups excluding carboxylic acids is 2. The average Bonchev–Trinajstić information content (AvgIpc) is 3.18. The first-order chi connectivity index (χ1) is 14.7. The molecule has 0 saturated heterocycles. The molecule has 0 radical (unpaired) electrons. The summed E-state index contributed by atoms with van der Waals surface area (Å²) < 4.78 is 32.2. The molecule has 2 aromatic heterocycles. The van der Waals surface area contributed by atoms with E-state index in [2.05, 4.69) is 25.8 Å². The molecule has 0 aliphatic heterocycles. The molecule has 0 unspecified atom stereocenters. The number of rotatable bonds is 7. The van der Waals surface area contributed by atoms with Gasteiger partial charge in [-0.15, -0.1) is 0 Å². The Labute approximate surface area is 181 Å². The lowest BCUT2D eigenvalue weighted by atomic mass is 10.2. The highest BCUT2D eigenvalue weighted by Gasteiger charge is 2.18. The van der Waals surface area contributed by atoms with Gasteiger partial charge >= 0.3 is 0 Å². The minimum absolute atomic E-state index is 0.00107. The molecule has 0 fully saturated rings. The fourth-order valence-corrected chi connectivity index (χ4v) is 2.78. The quantitative estimate of drug-likeness (QED) is 0.476. The van der Waals surface area contributed by atoms with Gasteiger partial charge in [-0.05, 0) is 32.0 Å². The van der Waals surface area contributed by atoms with Crippen molar-refractivity contribution >= 4 is 29.2 Å². The van der Waals surface area contributed by atoms with Crippen molar-refractivity contribution in [2.75, 3.05) is 5.32 Å². The summed E-state index contributed by atoms with van der Waals surface area (Å²) in [6.45, 7) is 3.88. The highest BCUT2D eigenvalue weighted by atomic mass is 35.5. The Morgan fingerprint density at radius 1 is 1.19 bits per heavy atom. The third kappa shape index (κ3) is 5.54. The van der Waals surface area contributed by atoms with Crippen molar-refractivity contribution in [2.45, 2.75) is 26.5 Å². The fraction of sp³-hybridized carbons (Fsp3) is 0.200. The van der Waals surface area contributed by atoms with Crippen LogP contribution in [0.1, 0.15) is 40.3 Å². The number of ether oxygens (including phenoxy) is 1. The zero-order valence-electron chi connectivity index (χ0n) is 16.5. The highest BCUT2D eigenvalue weighted by Crippen LogP contribution is 2.21. The van der Waals surface area contributed by atoms with Crippen LogP contribution in [-0.2, 0) is 6.54 Å². The number of nitrogens with zero attached hydrogens (tertiary/aromatic N) is 2. The van der Waals surface area contributed by atoms with Gasteiger partial charge in [0.15, 0.2) is 17.5 Å². The number of anilines is 1. The van der Waals surface area contributed by atoms with Crippen molar-refractivity contribution in [3.05, 3.63) is 70.0 Å². The highest BCUT2D eigenvalue weighted by molar-refractivity contribution is 6.34. The van der Waals surface area contributed by atoms with Gasteiger partial charge in [0, 0.05) is 24.4 Å². The van der Waals surface area contributed by atoms with Crippen LogP contribution < -0.4 is 15.4 Å².